The van der Waals surface area contributed by atoms with Crippen LogP contribution in [0.2, 0.25) is 4.47 Å². The van der Waals surface area contributed by atoms with Gasteiger partial charge in [0.1, 0.15) is 6.04 Å². The molecule has 1 unspecified atom stereocenters. The number of carbonyl (C=O) groups is 2. The van der Waals surface area contributed by atoms with Gasteiger partial charge in [0, 0.05) is 23.8 Å². The second kappa shape index (κ2) is 7.60. The summed E-state index contributed by atoms with van der Waals surface area (Å²) < 4.78 is 0.507. The molecule has 0 saturated heterocycles. The molecule has 0 radical (unpaired) electrons. The van der Waals surface area contributed by atoms with E-state index in [4.69, 9.17) is 16.7 Å². The highest BCUT2D eigenvalue weighted by atomic mass is 35.5. The van der Waals surface area contributed by atoms with E-state index in [1.165, 1.54) is 18.3 Å². The fourth-order valence-electron chi connectivity index (χ4n) is 1.23. The van der Waals surface area contributed by atoms with Crippen molar-refractivity contribution in [3.63, 3.8) is 0 Å². The molecule has 1 aromatic heterocycles. The average molecular weight is 309 g/mol. The van der Waals surface area contributed by atoms with Crippen LogP contribution in [0.3, 0.4) is 0 Å². The molecule has 1 heterocycles. The second-order valence-corrected chi connectivity index (χ2v) is 6.31. The highest BCUT2D eigenvalue weighted by Crippen LogP contribution is 2.22. The van der Waals surface area contributed by atoms with Gasteiger partial charge in [-0.05, 0) is 12.2 Å². The number of thiazole rings is 1. The van der Waals surface area contributed by atoms with Gasteiger partial charge in [0.2, 0.25) is 5.91 Å². The Kier molecular flexibility index (Phi) is 6.45. The van der Waals surface area contributed by atoms with Crippen molar-refractivity contribution in [2.24, 2.45) is 0 Å². The average Bonchev–Trinajstić information content (AvgIpc) is 2.68. The van der Waals surface area contributed by atoms with E-state index in [2.05, 4.69) is 10.3 Å². The summed E-state index contributed by atoms with van der Waals surface area (Å²) >= 11 is 8.70. The molecule has 2 N–H and O–H groups in total. The van der Waals surface area contributed by atoms with Crippen LogP contribution in [0.15, 0.2) is 6.20 Å². The fourth-order valence-corrected chi connectivity index (χ4v) is 3.31. The van der Waals surface area contributed by atoms with Crippen LogP contribution in [0.5, 0.6) is 0 Å². The molecule has 18 heavy (non-hydrogen) atoms. The molecular weight excluding hydrogens is 296 g/mol. The van der Waals surface area contributed by atoms with E-state index in [0.29, 0.717) is 16.6 Å². The number of carboxylic acid groups (broad SMARTS) is 1. The van der Waals surface area contributed by atoms with Crippen LogP contribution in [0.25, 0.3) is 0 Å². The summed E-state index contributed by atoms with van der Waals surface area (Å²) in [6.45, 7) is 1.31. The maximum absolute atomic E-state index is 10.9. The topological polar surface area (TPSA) is 79.3 Å². The first-order chi connectivity index (χ1) is 8.49. The lowest BCUT2D eigenvalue weighted by molar-refractivity contribution is -0.141. The number of carbonyl (C=O) groups excluding carboxylic acids is 1. The van der Waals surface area contributed by atoms with Crippen molar-refractivity contribution in [1.82, 2.24) is 10.3 Å². The Bertz CT molecular complexity index is 425. The van der Waals surface area contributed by atoms with Gasteiger partial charge in [-0.2, -0.15) is 11.8 Å². The Morgan fingerprint density at radius 3 is 2.89 bits per heavy atom. The quantitative estimate of drug-likeness (QED) is 0.753. The van der Waals surface area contributed by atoms with Gasteiger partial charge < -0.3 is 10.4 Å². The Hall–Kier alpha value is -0.790. The molecule has 100 valence electrons. The zero-order valence-electron chi connectivity index (χ0n) is 9.68. The van der Waals surface area contributed by atoms with Gasteiger partial charge in [-0.3, -0.25) is 4.79 Å². The Morgan fingerprint density at radius 1 is 1.67 bits per heavy atom. The maximum Gasteiger partial charge on any atom is 0.326 e. The standard InChI is InChI=1S/C10H13ClN2O3S2/c1-6(14)13-8(9(15)16)2-3-17-5-7-4-12-10(11)18-7/h4,8H,2-3,5H2,1H3,(H,13,14)(H,15,16). The molecule has 0 bridgehead atoms. The normalized spacial score (nSPS) is 12.1. The molecule has 0 aliphatic carbocycles. The number of nitrogens with one attached hydrogen (secondary N) is 1. The Balaban J connectivity index is 2.26. The molecular formula is C10H13ClN2O3S2. The van der Waals surface area contributed by atoms with Gasteiger partial charge in [-0.15, -0.1) is 11.3 Å². The van der Waals surface area contributed by atoms with Crippen molar-refractivity contribution in [2.45, 2.75) is 25.1 Å². The first kappa shape index (κ1) is 15.3. The van der Waals surface area contributed by atoms with Crippen LogP contribution >= 0.6 is 34.7 Å². The van der Waals surface area contributed by atoms with Crippen molar-refractivity contribution >= 4 is 46.6 Å². The number of hydrogen-bond acceptors (Lipinski definition) is 5. The van der Waals surface area contributed by atoms with Crippen LogP contribution in [0.1, 0.15) is 18.2 Å². The number of aromatic nitrogens is 1. The van der Waals surface area contributed by atoms with E-state index in [-0.39, 0.29) is 5.91 Å². The van der Waals surface area contributed by atoms with Gasteiger partial charge in [-0.1, -0.05) is 11.6 Å². The minimum absolute atomic E-state index is 0.332. The number of rotatable bonds is 7. The van der Waals surface area contributed by atoms with E-state index >= 15 is 0 Å². The second-order valence-electron chi connectivity index (χ2n) is 3.51. The third-order valence-corrected chi connectivity index (χ3v) is 4.33. The highest BCUT2D eigenvalue weighted by molar-refractivity contribution is 7.98. The van der Waals surface area contributed by atoms with E-state index in [1.807, 2.05) is 0 Å². The van der Waals surface area contributed by atoms with Crippen LogP contribution < -0.4 is 5.32 Å². The van der Waals surface area contributed by atoms with Crippen LogP contribution in [-0.4, -0.2) is 33.8 Å². The maximum atomic E-state index is 10.9. The highest BCUT2D eigenvalue weighted by Gasteiger charge is 2.17. The fraction of sp³-hybridized carbons (Fsp3) is 0.500. The predicted octanol–water partition coefficient (Wildman–Crippen LogP) is 2.01. The number of aliphatic carboxylic acids is 1. The number of carboxylic acids is 1. The van der Waals surface area contributed by atoms with Crippen LogP contribution in [0.4, 0.5) is 0 Å². The summed E-state index contributed by atoms with van der Waals surface area (Å²) in [5.41, 5.74) is 0. The first-order valence-corrected chi connectivity index (χ1v) is 7.52. The summed E-state index contributed by atoms with van der Waals surface area (Å²) in [5.74, 6) is 0.0529. The third kappa shape index (κ3) is 5.70. The number of nitrogens with zero attached hydrogens (tertiary/aromatic N) is 1. The summed E-state index contributed by atoms with van der Waals surface area (Å²) in [7, 11) is 0. The number of halogens is 1. The molecule has 8 heteroatoms. The van der Waals surface area contributed by atoms with E-state index in [0.717, 1.165) is 10.6 Å². The smallest absolute Gasteiger partial charge is 0.326 e. The van der Waals surface area contributed by atoms with Gasteiger partial charge in [0.05, 0.1) is 0 Å². The molecule has 0 aliphatic rings. The van der Waals surface area contributed by atoms with Crippen molar-refractivity contribution in [3.05, 3.63) is 15.5 Å². The number of thioether (sulfide) groups is 1. The third-order valence-electron chi connectivity index (χ3n) is 2.00. The van der Waals surface area contributed by atoms with Gasteiger partial charge >= 0.3 is 5.97 Å². The SMILES string of the molecule is CC(=O)NC(CCSCc1cnc(Cl)s1)C(=O)O. The van der Waals surface area contributed by atoms with Gasteiger partial charge in [0.25, 0.3) is 0 Å². The molecule has 0 spiro atoms. The summed E-state index contributed by atoms with van der Waals surface area (Å²) in [6.07, 6.45) is 2.11. The number of hydrogen-bond donors (Lipinski definition) is 2. The van der Waals surface area contributed by atoms with Crippen molar-refractivity contribution in [2.75, 3.05) is 5.75 Å². The zero-order chi connectivity index (χ0) is 13.5. The zero-order valence-corrected chi connectivity index (χ0v) is 12.1. The molecule has 1 rings (SSSR count). The lowest BCUT2D eigenvalue weighted by Crippen LogP contribution is -2.39. The molecule has 1 atom stereocenters. The lowest BCUT2D eigenvalue weighted by atomic mass is 10.2. The molecule has 0 saturated carbocycles. The summed E-state index contributed by atoms with van der Waals surface area (Å²) in [5, 5.41) is 11.3. The Morgan fingerprint density at radius 2 is 2.39 bits per heavy atom. The van der Waals surface area contributed by atoms with Crippen LogP contribution in [-0.2, 0) is 15.3 Å². The van der Waals surface area contributed by atoms with E-state index in [1.54, 1.807) is 18.0 Å². The first-order valence-electron chi connectivity index (χ1n) is 5.17. The van der Waals surface area contributed by atoms with Crippen molar-refractivity contribution in [3.8, 4) is 0 Å². The Labute approximate surface area is 118 Å². The summed E-state index contributed by atoms with van der Waals surface area (Å²) in [4.78, 5) is 26.6. The van der Waals surface area contributed by atoms with Gasteiger partial charge in [-0.25, -0.2) is 9.78 Å². The van der Waals surface area contributed by atoms with Gasteiger partial charge in [0.15, 0.2) is 4.47 Å². The molecule has 0 fully saturated rings. The van der Waals surface area contributed by atoms with Crippen LogP contribution in [0, 0.1) is 0 Å². The molecule has 1 amide bonds. The minimum atomic E-state index is -1.01. The molecule has 1 aromatic rings. The predicted molar refractivity (Wildman–Crippen MR) is 73.1 cm³/mol. The lowest BCUT2D eigenvalue weighted by Gasteiger charge is -2.12. The van der Waals surface area contributed by atoms with Crippen molar-refractivity contribution in [1.29, 1.82) is 0 Å². The summed E-state index contributed by atoms with van der Waals surface area (Å²) in [6, 6.07) is -0.819. The molecule has 0 aromatic carbocycles. The van der Waals surface area contributed by atoms with E-state index < -0.39 is 12.0 Å². The minimum Gasteiger partial charge on any atom is -0.480 e. The van der Waals surface area contributed by atoms with E-state index in [9.17, 15) is 9.59 Å². The molecule has 5 nitrogen and oxygen atoms in total. The monoisotopic (exact) mass is 308 g/mol. The van der Waals surface area contributed by atoms with Crippen molar-refractivity contribution < 1.29 is 14.7 Å². The molecule has 0 aliphatic heterocycles. The largest absolute Gasteiger partial charge is 0.480 e. The number of amides is 1.